The Bertz CT molecular complexity index is 1030. The number of ketones is 1. The average Bonchev–Trinajstić information content (AvgIpc) is 2.78. The molecule has 2 fully saturated rings. The number of carbonyl (C=O) groups is 1. The number of rotatable bonds is 5. The van der Waals surface area contributed by atoms with Crippen LogP contribution in [0.5, 0.6) is 5.75 Å². The van der Waals surface area contributed by atoms with E-state index in [4.69, 9.17) is 9.47 Å². The lowest BCUT2D eigenvalue weighted by Crippen LogP contribution is -2.57. The number of fused-ring (bicyclic) bond motifs is 3. The van der Waals surface area contributed by atoms with E-state index in [2.05, 4.69) is 35.2 Å². The van der Waals surface area contributed by atoms with Crippen LogP contribution in [-0.4, -0.2) is 43.1 Å². The van der Waals surface area contributed by atoms with Gasteiger partial charge >= 0.3 is 0 Å². The van der Waals surface area contributed by atoms with Crippen molar-refractivity contribution in [1.82, 2.24) is 4.90 Å². The van der Waals surface area contributed by atoms with Gasteiger partial charge in [-0.05, 0) is 35.9 Å². The molecular formula is C26H27NO3. The molecule has 2 bridgehead atoms. The van der Waals surface area contributed by atoms with Gasteiger partial charge in [0.2, 0.25) is 0 Å². The summed E-state index contributed by atoms with van der Waals surface area (Å²) in [6, 6.07) is 23.1. The highest BCUT2D eigenvalue weighted by Crippen LogP contribution is 2.37. The maximum atomic E-state index is 13.6. The topological polar surface area (TPSA) is 38.8 Å². The Kier molecular flexibility index (Phi) is 5.28. The number of benzene rings is 3. The molecule has 0 aliphatic carbocycles. The number of hydrogen-bond donors (Lipinski definition) is 0. The van der Waals surface area contributed by atoms with Gasteiger partial charge in [0.05, 0.1) is 20.3 Å². The molecule has 4 heteroatoms. The predicted molar refractivity (Wildman–Crippen MR) is 118 cm³/mol. The molecule has 0 N–H and O–H groups in total. The molecule has 4 nitrogen and oxygen atoms in total. The number of carbonyl (C=O) groups excluding carboxylic acids is 1. The zero-order chi connectivity index (χ0) is 20.5. The van der Waals surface area contributed by atoms with Crippen molar-refractivity contribution in [3.63, 3.8) is 0 Å². The third-order valence-corrected chi connectivity index (χ3v) is 6.62. The van der Waals surface area contributed by atoms with Crippen LogP contribution in [0, 0.1) is 5.92 Å². The second-order valence-corrected chi connectivity index (χ2v) is 8.40. The first-order chi connectivity index (χ1) is 14.7. The quantitative estimate of drug-likeness (QED) is 0.581. The zero-order valence-corrected chi connectivity index (χ0v) is 17.3. The van der Waals surface area contributed by atoms with Gasteiger partial charge in [-0.15, -0.1) is 0 Å². The van der Waals surface area contributed by atoms with Crippen molar-refractivity contribution in [3.05, 3.63) is 77.9 Å². The fourth-order valence-electron chi connectivity index (χ4n) is 5.14. The first-order valence-corrected chi connectivity index (χ1v) is 10.7. The number of methoxy groups -OCH3 is 1. The van der Waals surface area contributed by atoms with E-state index < -0.39 is 0 Å². The van der Waals surface area contributed by atoms with Gasteiger partial charge in [0.15, 0.2) is 5.78 Å². The Morgan fingerprint density at radius 2 is 1.60 bits per heavy atom. The molecule has 0 spiro atoms. The molecule has 3 aromatic carbocycles. The van der Waals surface area contributed by atoms with Crippen LogP contribution >= 0.6 is 0 Å². The molecule has 2 aliphatic rings. The number of morpholine rings is 1. The third-order valence-electron chi connectivity index (χ3n) is 6.62. The molecule has 0 saturated carbocycles. The van der Waals surface area contributed by atoms with E-state index in [1.807, 2.05) is 36.4 Å². The van der Waals surface area contributed by atoms with Crippen molar-refractivity contribution in [2.24, 2.45) is 5.92 Å². The minimum absolute atomic E-state index is 0.0349. The summed E-state index contributed by atoms with van der Waals surface area (Å²) >= 11 is 0. The monoisotopic (exact) mass is 401 g/mol. The molecule has 2 saturated heterocycles. The van der Waals surface area contributed by atoms with Crippen molar-refractivity contribution in [2.75, 3.05) is 20.3 Å². The van der Waals surface area contributed by atoms with Gasteiger partial charge in [-0.3, -0.25) is 9.69 Å². The van der Waals surface area contributed by atoms with E-state index in [0.29, 0.717) is 13.2 Å². The summed E-state index contributed by atoms with van der Waals surface area (Å²) < 4.78 is 11.4. The Labute approximate surface area is 177 Å². The fraction of sp³-hybridized carbons (Fsp3) is 0.346. The highest BCUT2D eigenvalue weighted by atomic mass is 16.5. The lowest BCUT2D eigenvalue weighted by atomic mass is 9.79. The van der Waals surface area contributed by atoms with E-state index in [0.717, 1.165) is 41.5 Å². The Balaban J connectivity index is 1.40. The molecule has 0 amide bonds. The van der Waals surface area contributed by atoms with Crippen molar-refractivity contribution >= 4 is 16.6 Å². The van der Waals surface area contributed by atoms with Gasteiger partial charge in [0, 0.05) is 35.5 Å². The largest absolute Gasteiger partial charge is 0.496 e. The van der Waals surface area contributed by atoms with Crippen molar-refractivity contribution in [2.45, 2.75) is 31.5 Å². The zero-order valence-electron chi connectivity index (χ0n) is 17.3. The Morgan fingerprint density at radius 3 is 2.30 bits per heavy atom. The molecule has 2 heterocycles. The van der Waals surface area contributed by atoms with Crippen LogP contribution in [0.1, 0.15) is 28.8 Å². The number of piperidine rings is 1. The van der Waals surface area contributed by atoms with Crippen LogP contribution in [0.15, 0.2) is 66.7 Å². The van der Waals surface area contributed by atoms with Crippen molar-refractivity contribution in [1.29, 1.82) is 0 Å². The minimum Gasteiger partial charge on any atom is -0.496 e. The van der Waals surface area contributed by atoms with Gasteiger partial charge in [-0.2, -0.15) is 0 Å². The average molecular weight is 402 g/mol. The summed E-state index contributed by atoms with van der Waals surface area (Å²) in [5, 5.41) is 1.98. The molecule has 154 valence electrons. The second-order valence-electron chi connectivity index (χ2n) is 8.40. The molecule has 0 radical (unpaired) electrons. The predicted octanol–water partition coefficient (Wildman–Crippen LogP) is 4.71. The number of Topliss-reactive ketones (excluding diaryl/α,β-unsaturated/α-hetero) is 1. The van der Waals surface area contributed by atoms with E-state index in [1.165, 1.54) is 5.56 Å². The lowest BCUT2D eigenvalue weighted by Gasteiger charge is -2.48. The SMILES string of the molecule is COc1ccc(C(=O)C2CC3COCC(C2)N3Cc2ccccc2)c2ccccc12. The summed E-state index contributed by atoms with van der Waals surface area (Å²) in [4.78, 5) is 16.2. The molecule has 5 rings (SSSR count). The van der Waals surface area contributed by atoms with Crippen LogP contribution in [0.4, 0.5) is 0 Å². The highest BCUT2D eigenvalue weighted by molar-refractivity contribution is 6.10. The second kappa shape index (κ2) is 8.21. The smallest absolute Gasteiger partial charge is 0.166 e. The first kappa shape index (κ1) is 19.3. The summed E-state index contributed by atoms with van der Waals surface area (Å²) in [5.74, 6) is 1.10. The highest BCUT2D eigenvalue weighted by Gasteiger charge is 2.41. The van der Waals surface area contributed by atoms with Crippen molar-refractivity contribution < 1.29 is 14.3 Å². The number of nitrogens with zero attached hydrogens (tertiary/aromatic N) is 1. The summed E-state index contributed by atoms with van der Waals surface area (Å²) in [6.07, 6.45) is 1.70. The molecule has 2 unspecified atom stereocenters. The summed E-state index contributed by atoms with van der Waals surface area (Å²) in [7, 11) is 1.67. The standard InChI is InChI=1S/C26H27NO3/c1-29-25-12-11-24(22-9-5-6-10-23(22)25)26(28)19-13-20-16-30-17-21(14-19)27(20)15-18-7-3-2-4-8-18/h2-12,19-21H,13-17H2,1H3. The Morgan fingerprint density at radius 1 is 0.933 bits per heavy atom. The van der Waals surface area contributed by atoms with E-state index in [-0.39, 0.29) is 23.8 Å². The fourth-order valence-corrected chi connectivity index (χ4v) is 5.14. The molecule has 2 aliphatic heterocycles. The molecule has 2 atom stereocenters. The first-order valence-electron chi connectivity index (χ1n) is 10.7. The van der Waals surface area contributed by atoms with E-state index >= 15 is 0 Å². The van der Waals surface area contributed by atoms with Crippen LogP contribution in [0.3, 0.4) is 0 Å². The van der Waals surface area contributed by atoms with Gasteiger partial charge in [-0.25, -0.2) is 0 Å². The minimum atomic E-state index is 0.0349. The van der Waals surface area contributed by atoms with Crippen LogP contribution in [0.25, 0.3) is 10.8 Å². The maximum Gasteiger partial charge on any atom is 0.166 e. The summed E-state index contributed by atoms with van der Waals surface area (Å²) in [5.41, 5.74) is 2.13. The van der Waals surface area contributed by atoms with Gasteiger partial charge in [0.1, 0.15) is 5.75 Å². The lowest BCUT2D eigenvalue weighted by molar-refractivity contribution is -0.0872. The number of ether oxygens (including phenoxy) is 2. The Hall–Kier alpha value is -2.69. The van der Waals surface area contributed by atoms with Crippen LogP contribution in [-0.2, 0) is 11.3 Å². The van der Waals surface area contributed by atoms with Gasteiger partial charge in [0.25, 0.3) is 0 Å². The number of hydrogen-bond acceptors (Lipinski definition) is 4. The molecule has 3 aromatic rings. The van der Waals surface area contributed by atoms with E-state index in [9.17, 15) is 4.79 Å². The molecular weight excluding hydrogens is 374 g/mol. The molecule has 0 aromatic heterocycles. The third kappa shape index (κ3) is 3.51. The van der Waals surface area contributed by atoms with Crippen LogP contribution in [0.2, 0.25) is 0 Å². The van der Waals surface area contributed by atoms with Crippen molar-refractivity contribution in [3.8, 4) is 5.75 Å². The van der Waals surface area contributed by atoms with Gasteiger partial charge in [-0.1, -0.05) is 54.6 Å². The summed E-state index contributed by atoms with van der Waals surface area (Å²) in [6.45, 7) is 2.33. The normalized spacial score (nSPS) is 24.0. The van der Waals surface area contributed by atoms with Crippen LogP contribution < -0.4 is 4.74 Å². The molecule has 30 heavy (non-hydrogen) atoms. The van der Waals surface area contributed by atoms with Gasteiger partial charge < -0.3 is 9.47 Å². The van der Waals surface area contributed by atoms with E-state index in [1.54, 1.807) is 7.11 Å². The maximum absolute atomic E-state index is 13.6.